The molecule has 1 saturated carbocycles. The zero-order valence-corrected chi connectivity index (χ0v) is 8.26. The maximum Gasteiger partial charge on any atom is 0.263 e. The van der Waals surface area contributed by atoms with Gasteiger partial charge in [-0.15, -0.1) is 0 Å². The number of hydrogen-bond acceptors (Lipinski definition) is 3. The minimum Gasteiger partial charge on any atom is -0.319 e. The highest BCUT2D eigenvalue weighted by molar-refractivity contribution is 6.22. The first-order valence-corrected chi connectivity index (χ1v) is 4.60. The number of amides is 2. The molecule has 0 atom stereocenters. The molecule has 0 unspecified atom stereocenters. The Hall–Kier alpha value is -1.23. The Morgan fingerprint density at radius 2 is 2.00 bits per heavy atom. The summed E-state index contributed by atoms with van der Waals surface area (Å²) in [4.78, 5) is 27.0. The molecule has 0 aromatic rings. The van der Waals surface area contributed by atoms with E-state index in [1.807, 2.05) is 0 Å². The summed E-state index contributed by atoms with van der Waals surface area (Å²) >= 11 is 0. The summed E-state index contributed by atoms with van der Waals surface area (Å²) in [5.74, 6) is -0.314. The van der Waals surface area contributed by atoms with Gasteiger partial charge < -0.3 is 11.1 Å². The van der Waals surface area contributed by atoms with Crippen molar-refractivity contribution in [2.45, 2.75) is 32.2 Å². The van der Waals surface area contributed by atoms with Crippen molar-refractivity contribution in [1.29, 1.82) is 0 Å². The molecule has 0 radical (unpaired) electrons. The normalized spacial score (nSPS) is 24.6. The highest BCUT2D eigenvalue weighted by atomic mass is 16.2. The van der Waals surface area contributed by atoms with Crippen molar-refractivity contribution in [2.75, 3.05) is 0 Å². The predicted octanol–water partition coefficient (Wildman–Crippen LogP) is -0.441. The van der Waals surface area contributed by atoms with Crippen molar-refractivity contribution < 1.29 is 9.59 Å². The summed E-state index contributed by atoms with van der Waals surface area (Å²) < 4.78 is 0. The number of aliphatic imine (C=N–C) groups is 1. The van der Waals surface area contributed by atoms with E-state index in [1.54, 1.807) is 13.8 Å². The number of nitrogens with one attached hydrogen (secondary N) is 1. The Bertz CT molecular complexity index is 348. The van der Waals surface area contributed by atoms with Crippen LogP contribution in [0, 0.1) is 5.41 Å². The van der Waals surface area contributed by atoms with Crippen molar-refractivity contribution in [3.05, 3.63) is 0 Å². The standard InChI is InChI=1S/C9H13N3O2/c1-8(2,10)5-11-6(13)9(3-4-9)7(14)12-5/h3-4,10H2,1-2H3,(H,11,12,13,14). The fourth-order valence-electron chi connectivity index (χ4n) is 1.43. The second kappa shape index (κ2) is 2.42. The molecule has 0 aromatic carbocycles. The number of nitrogens with zero attached hydrogens (tertiary/aromatic N) is 1. The molecule has 1 heterocycles. The van der Waals surface area contributed by atoms with Crippen LogP contribution in [0.15, 0.2) is 4.99 Å². The lowest BCUT2D eigenvalue weighted by Crippen LogP contribution is -2.56. The molecule has 0 aromatic heterocycles. The molecule has 1 aliphatic carbocycles. The van der Waals surface area contributed by atoms with Gasteiger partial charge in [0.15, 0.2) is 0 Å². The maximum atomic E-state index is 11.6. The molecule has 0 bridgehead atoms. The third kappa shape index (κ3) is 1.16. The largest absolute Gasteiger partial charge is 0.319 e. The molecule has 5 heteroatoms. The predicted molar refractivity (Wildman–Crippen MR) is 50.5 cm³/mol. The van der Waals surface area contributed by atoms with Gasteiger partial charge in [0.05, 0.1) is 5.54 Å². The van der Waals surface area contributed by atoms with Crippen LogP contribution in [0.25, 0.3) is 0 Å². The lowest BCUT2D eigenvalue weighted by molar-refractivity contribution is -0.135. The number of carbonyl (C=O) groups is 2. The molecule has 2 amide bonds. The first kappa shape index (κ1) is 9.33. The van der Waals surface area contributed by atoms with Crippen LogP contribution >= 0.6 is 0 Å². The molecule has 3 N–H and O–H groups in total. The molecular weight excluding hydrogens is 182 g/mol. The molecule has 2 rings (SSSR count). The number of nitrogens with two attached hydrogens (primary N) is 1. The lowest BCUT2D eigenvalue weighted by Gasteiger charge is -2.27. The van der Waals surface area contributed by atoms with E-state index < -0.39 is 11.0 Å². The van der Waals surface area contributed by atoms with Crippen LogP contribution in [0.5, 0.6) is 0 Å². The van der Waals surface area contributed by atoms with Crippen LogP contribution in [-0.4, -0.2) is 23.2 Å². The van der Waals surface area contributed by atoms with Crippen molar-refractivity contribution >= 4 is 17.6 Å². The van der Waals surface area contributed by atoms with E-state index in [0.29, 0.717) is 12.8 Å². The Kier molecular flexibility index (Phi) is 1.61. The van der Waals surface area contributed by atoms with Gasteiger partial charge in [0.25, 0.3) is 5.91 Å². The van der Waals surface area contributed by atoms with E-state index in [-0.39, 0.29) is 17.6 Å². The summed E-state index contributed by atoms with van der Waals surface area (Å²) in [7, 11) is 0. The van der Waals surface area contributed by atoms with E-state index in [0.717, 1.165) is 0 Å². The summed E-state index contributed by atoms with van der Waals surface area (Å²) in [5, 5.41) is 2.60. The second-order valence-electron chi connectivity index (χ2n) is 4.52. The topological polar surface area (TPSA) is 84.5 Å². The van der Waals surface area contributed by atoms with Crippen LogP contribution in [-0.2, 0) is 9.59 Å². The minimum absolute atomic E-state index is 0.244. The molecule has 2 aliphatic rings. The zero-order valence-electron chi connectivity index (χ0n) is 8.26. The SMILES string of the molecule is CC(C)(N)C1=NC(=O)C2(CC2)C(=O)N1. The lowest BCUT2D eigenvalue weighted by atomic mass is 9.99. The van der Waals surface area contributed by atoms with Crippen LogP contribution < -0.4 is 11.1 Å². The van der Waals surface area contributed by atoms with Crippen molar-refractivity contribution in [2.24, 2.45) is 16.1 Å². The van der Waals surface area contributed by atoms with Crippen LogP contribution in [0.2, 0.25) is 0 Å². The smallest absolute Gasteiger partial charge is 0.263 e. The van der Waals surface area contributed by atoms with Gasteiger partial charge in [-0.2, -0.15) is 4.99 Å². The van der Waals surface area contributed by atoms with Crippen molar-refractivity contribution in [3.8, 4) is 0 Å². The Morgan fingerprint density at radius 1 is 1.43 bits per heavy atom. The van der Waals surface area contributed by atoms with Gasteiger partial charge in [-0.1, -0.05) is 0 Å². The second-order valence-corrected chi connectivity index (χ2v) is 4.52. The minimum atomic E-state index is -0.839. The van der Waals surface area contributed by atoms with E-state index in [9.17, 15) is 9.59 Å². The summed E-state index contributed by atoms with van der Waals surface area (Å²) in [5.41, 5.74) is 4.13. The Morgan fingerprint density at radius 3 is 2.36 bits per heavy atom. The van der Waals surface area contributed by atoms with Crippen LogP contribution in [0.1, 0.15) is 26.7 Å². The molecular formula is C9H13N3O2. The van der Waals surface area contributed by atoms with Gasteiger partial charge in [0.1, 0.15) is 11.3 Å². The van der Waals surface area contributed by atoms with Crippen LogP contribution in [0.3, 0.4) is 0 Å². The monoisotopic (exact) mass is 195 g/mol. The van der Waals surface area contributed by atoms with Crippen molar-refractivity contribution in [1.82, 2.24) is 5.32 Å². The first-order valence-electron chi connectivity index (χ1n) is 4.60. The van der Waals surface area contributed by atoms with Crippen LogP contribution in [0.4, 0.5) is 0 Å². The first-order chi connectivity index (χ1) is 6.36. The van der Waals surface area contributed by atoms with Gasteiger partial charge in [-0.3, -0.25) is 9.59 Å². The quantitative estimate of drug-likeness (QED) is 0.556. The molecule has 0 saturated heterocycles. The number of amidine groups is 1. The van der Waals surface area contributed by atoms with Gasteiger partial charge in [0, 0.05) is 0 Å². The Balaban J connectivity index is 2.34. The fourth-order valence-corrected chi connectivity index (χ4v) is 1.43. The molecule has 5 nitrogen and oxygen atoms in total. The maximum absolute atomic E-state index is 11.6. The van der Waals surface area contributed by atoms with Gasteiger partial charge in [0.2, 0.25) is 5.91 Å². The van der Waals surface area contributed by atoms with Gasteiger partial charge >= 0.3 is 0 Å². The summed E-state index contributed by atoms with van der Waals surface area (Å²) in [6.45, 7) is 3.40. The molecule has 14 heavy (non-hydrogen) atoms. The Labute approximate surface area is 81.8 Å². The highest BCUT2D eigenvalue weighted by Gasteiger charge is 2.59. The van der Waals surface area contributed by atoms with E-state index in [1.165, 1.54) is 0 Å². The number of hydrogen-bond donors (Lipinski definition) is 2. The fraction of sp³-hybridized carbons (Fsp3) is 0.667. The van der Waals surface area contributed by atoms with E-state index >= 15 is 0 Å². The third-order valence-electron chi connectivity index (χ3n) is 2.65. The van der Waals surface area contributed by atoms with E-state index in [4.69, 9.17) is 5.73 Å². The highest BCUT2D eigenvalue weighted by Crippen LogP contribution is 2.48. The number of carbonyl (C=O) groups excluding carboxylic acids is 2. The molecule has 76 valence electrons. The number of rotatable bonds is 1. The summed E-state index contributed by atoms with van der Waals surface area (Å²) in [6.07, 6.45) is 1.22. The average Bonchev–Trinajstić information content (AvgIpc) is 2.78. The molecule has 1 spiro atoms. The molecule has 1 fully saturated rings. The van der Waals surface area contributed by atoms with E-state index in [2.05, 4.69) is 10.3 Å². The zero-order chi connectivity index (χ0) is 10.6. The van der Waals surface area contributed by atoms with Gasteiger partial charge in [-0.05, 0) is 26.7 Å². The van der Waals surface area contributed by atoms with Crippen molar-refractivity contribution in [3.63, 3.8) is 0 Å². The summed E-state index contributed by atoms with van der Waals surface area (Å²) in [6, 6.07) is 0. The average molecular weight is 195 g/mol. The van der Waals surface area contributed by atoms with Gasteiger partial charge in [-0.25, -0.2) is 0 Å². The molecule has 1 aliphatic heterocycles. The third-order valence-corrected chi connectivity index (χ3v) is 2.65.